The van der Waals surface area contributed by atoms with Gasteiger partial charge in [0.1, 0.15) is 11.5 Å². The van der Waals surface area contributed by atoms with E-state index in [-0.39, 0.29) is 5.91 Å². The zero-order valence-electron chi connectivity index (χ0n) is 39.9. The van der Waals surface area contributed by atoms with Gasteiger partial charge in [0, 0.05) is 64.9 Å². The van der Waals surface area contributed by atoms with Crippen LogP contribution in [0.15, 0.2) is 140 Å². The SMILES string of the molecule is CCCCC[C@H]1CC[C@H](c2ccc(-c3ccc(C(=O)N4CCN(c5cc6c(C)c(C(=O)OC)c7c(c6c6ccccc56)OC(c5ccccc5)(c5ccc(OC)cc5)C=C7)CC4)cc3)cc2)CC1. The van der Waals surface area contributed by atoms with E-state index in [1.165, 1.54) is 69.6 Å². The molecule has 1 aliphatic carbocycles. The van der Waals surface area contributed by atoms with Gasteiger partial charge in [-0.15, -0.1) is 0 Å². The van der Waals surface area contributed by atoms with Gasteiger partial charge in [0.25, 0.3) is 5.91 Å². The Kier molecular flexibility index (Phi) is 12.8. The van der Waals surface area contributed by atoms with Gasteiger partial charge in [-0.2, -0.15) is 0 Å². The third-order valence-electron chi connectivity index (χ3n) is 15.2. The number of carbonyl (C=O) groups is 2. The Morgan fingerprint density at radius 3 is 2.01 bits per heavy atom. The van der Waals surface area contributed by atoms with Crippen molar-refractivity contribution in [3.63, 3.8) is 0 Å². The van der Waals surface area contributed by atoms with Gasteiger partial charge in [-0.1, -0.05) is 136 Å². The van der Waals surface area contributed by atoms with Crippen LogP contribution in [0, 0.1) is 12.8 Å². The molecule has 7 aromatic carbocycles. The van der Waals surface area contributed by atoms with Crippen molar-refractivity contribution in [3.05, 3.63) is 178 Å². The summed E-state index contributed by atoms with van der Waals surface area (Å²) < 4.78 is 18.4. The number of esters is 1. The minimum atomic E-state index is -1.00. The van der Waals surface area contributed by atoms with Crippen molar-refractivity contribution >= 4 is 45.2 Å². The number of anilines is 1. The van der Waals surface area contributed by atoms with E-state index in [9.17, 15) is 9.59 Å². The van der Waals surface area contributed by atoms with Crippen molar-refractivity contribution < 1.29 is 23.8 Å². The maximum atomic E-state index is 14.0. The molecule has 2 fully saturated rings. The minimum Gasteiger partial charge on any atom is -0.497 e. The van der Waals surface area contributed by atoms with E-state index in [2.05, 4.69) is 96.8 Å². The number of ether oxygens (including phenoxy) is 3. The predicted octanol–water partition coefficient (Wildman–Crippen LogP) is 13.9. The molecule has 0 N–H and O–H groups in total. The number of piperazine rings is 1. The minimum absolute atomic E-state index is 0.0503. The number of amides is 1. The lowest BCUT2D eigenvalue weighted by Gasteiger charge is -2.38. The molecule has 346 valence electrons. The van der Waals surface area contributed by atoms with Gasteiger partial charge in [-0.3, -0.25) is 4.79 Å². The molecule has 2 heterocycles. The van der Waals surface area contributed by atoms with Gasteiger partial charge in [-0.25, -0.2) is 4.79 Å². The molecular formula is C61H62N2O5. The summed E-state index contributed by atoms with van der Waals surface area (Å²) in [6.45, 7) is 6.78. The fraction of sp³-hybridized carbons (Fsp3) is 0.311. The number of hydrogen-bond donors (Lipinski definition) is 0. The number of aryl methyl sites for hydroxylation is 1. The van der Waals surface area contributed by atoms with E-state index in [1.807, 2.05) is 72.5 Å². The smallest absolute Gasteiger partial charge is 0.338 e. The Bertz CT molecular complexity index is 2960. The van der Waals surface area contributed by atoms with E-state index >= 15 is 0 Å². The first-order valence-corrected chi connectivity index (χ1v) is 24.7. The number of carbonyl (C=O) groups excluding carboxylic acids is 2. The number of methoxy groups -OCH3 is 2. The second-order valence-corrected chi connectivity index (χ2v) is 19.1. The van der Waals surface area contributed by atoms with Crippen molar-refractivity contribution in [2.75, 3.05) is 45.3 Å². The molecule has 1 unspecified atom stereocenters. The molecule has 1 atom stereocenters. The second kappa shape index (κ2) is 19.4. The summed E-state index contributed by atoms with van der Waals surface area (Å²) >= 11 is 0. The van der Waals surface area contributed by atoms with Crippen LogP contribution in [0.1, 0.15) is 113 Å². The highest BCUT2D eigenvalue weighted by molar-refractivity contribution is 6.20. The van der Waals surface area contributed by atoms with Crippen LogP contribution in [-0.2, 0) is 10.3 Å². The molecular weight excluding hydrogens is 841 g/mol. The van der Waals surface area contributed by atoms with Gasteiger partial charge in [0.05, 0.1) is 19.8 Å². The third-order valence-corrected chi connectivity index (χ3v) is 15.2. The zero-order valence-corrected chi connectivity index (χ0v) is 39.9. The Balaban J connectivity index is 0.902. The summed E-state index contributed by atoms with van der Waals surface area (Å²) in [7, 11) is 3.09. The van der Waals surface area contributed by atoms with Crippen molar-refractivity contribution in [1.29, 1.82) is 0 Å². The molecule has 1 saturated carbocycles. The summed E-state index contributed by atoms with van der Waals surface area (Å²) in [5.41, 5.74) is 8.41. The molecule has 7 heteroatoms. The average molecular weight is 903 g/mol. The van der Waals surface area contributed by atoms with E-state index < -0.39 is 11.6 Å². The molecule has 7 aromatic rings. The fourth-order valence-corrected chi connectivity index (χ4v) is 11.3. The van der Waals surface area contributed by atoms with Gasteiger partial charge >= 0.3 is 5.97 Å². The monoisotopic (exact) mass is 902 g/mol. The molecule has 2 aliphatic heterocycles. The van der Waals surface area contributed by atoms with E-state index in [0.717, 1.165) is 61.2 Å². The second-order valence-electron chi connectivity index (χ2n) is 19.1. The molecule has 68 heavy (non-hydrogen) atoms. The van der Waals surface area contributed by atoms with Crippen molar-refractivity contribution in [1.82, 2.24) is 4.90 Å². The van der Waals surface area contributed by atoms with E-state index in [1.54, 1.807) is 7.11 Å². The zero-order chi connectivity index (χ0) is 46.8. The first kappa shape index (κ1) is 44.9. The highest BCUT2D eigenvalue weighted by atomic mass is 16.5. The van der Waals surface area contributed by atoms with Crippen LogP contribution in [0.25, 0.3) is 38.7 Å². The highest BCUT2D eigenvalue weighted by Gasteiger charge is 2.40. The van der Waals surface area contributed by atoms with Crippen molar-refractivity contribution in [3.8, 4) is 22.6 Å². The number of rotatable bonds is 12. The molecule has 0 spiro atoms. The quantitative estimate of drug-likeness (QED) is 0.0691. The number of nitrogens with zero attached hydrogens (tertiary/aromatic N) is 2. The number of hydrogen-bond acceptors (Lipinski definition) is 6. The number of fused-ring (bicyclic) bond motifs is 5. The lowest BCUT2D eigenvalue weighted by Crippen LogP contribution is -2.48. The van der Waals surface area contributed by atoms with Gasteiger partial charge in [0.15, 0.2) is 5.60 Å². The van der Waals surface area contributed by atoms with Gasteiger partial charge in [-0.05, 0) is 120 Å². The summed E-state index contributed by atoms with van der Waals surface area (Å²) in [4.78, 5) is 32.2. The summed E-state index contributed by atoms with van der Waals surface area (Å²) in [6, 6.07) is 46.1. The summed E-state index contributed by atoms with van der Waals surface area (Å²) in [5.74, 6) is 2.59. The molecule has 10 rings (SSSR count). The van der Waals surface area contributed by atoms with Crippen LogP contribution >= 0.6 is 0 Å². The van der Waals surface area contributed by atoms with Crippen LogP contribution in [0.4, 0.5) is 5.69 Å². The lowest BCUT2D eigenvalue weighted by atomic mass is 9.77. The molecule has 1 amide bonds. The molecule has 0 radical (unpaired) electrons. The number of benzene rings is 7. The topological polar surface area (TPSA) is 68.3 Å². The van der Waals surface area contributed by atoms with Crippen LogP contribution in [0.2, 0.25) is 0 Å². The van der Waals surface area contributed by atoms with Crippen LogP contribution in [0.5, 0.6) is 11.5 Å². The third kappa shape index (κ3) is 8.41. The Labute approximate surface area is 401 Å². The van der Waals surface area contributed by atoms with Crippen molar-refractivity contribution in [2.24, 2.45) is 5.92 Å². The van der Waals surface area contributed by atoms with E-state index in [0.29, 0.717) is 54.5 Å². The Morgan fingerprint density at radius 2 is 1.35 bits per heavy atom. The van der Waals surface area contributed by atoms with Crippen LogP contribution in [-0.4, -0.2) is 57.2 Å². The first-order chi connectivity index (χ1) is 33.3. The maximum Gasteiger partial charge on any atom is 0.338 e. The van der Waals surface area contributed by atoms with Crippen LogP contribution < -0.4 is 14.4 Å². The average Bonchev–Trinajstić information content (AvgIpc) is 3.41. The molecule has 1 saturated heterocycles. The Morgan fingerprint density at radius 1 is 0.706 bits per heavy atom. The largest absolute Gasteiger partial charge is 0.497 e. The standard InChI is InChI=1S/C61H62N2O5/c1-5-6-8-13-42-18-20-43(21-19-42)44-22-24-45(25-23-44)46-26-28-47(29-27-46)59(64)63-38-36-62(37-39-63)55-40-54-41(2)56(60(65)67-4)53-34-35-61(48-14-9-7-10-15-48,49-30-32-50(66-3)33-31-49)68-58(53)57(54)52-17-12-11-16-51(52)55/h7,9-12,14-17,22-35,40,42-43H,5-6,8,13,18-21,36-39H2,1-4H3/t42-,43-,61?. The molecule has 0 aromatic heterocycles. The predicted molar refractivity (Wildman–Crippen MR) is 276 cm³/mol. The van der Waals surface area contributed by atoms with Gasteiger partial charge < -0.3 is 24.0 Å². The maximum absolute atomic E-state index is 14.0. The van der Waals surface area contributed by atoms with Crippen LogP contribution in [0.3, 0.4) is 0 Å². The fourth-order valence-electron chi connectivity index (χ4n) is 11.3. The normalized spacial score (nSPS) is 19.1. The first-order valence-electron chi connectivity index (χ1n) is 24.7. The lowest BCUT2D eigenvalue weighted by molar-refractivity contribution is 0.0598. The molecule has 0 bridgehead atoms. The summed E-state index contributed by atoms with van der Waals surface area (Å²) in [6.07, 6.45) is 14.9. The Hall–Kier alpha value is -6.86. The number of unbranched alkanes of at least 4 members (excludes halogenated alkanes) is 2. The van der Waals surface area contributed by atoms with E-state index in [4.69, 9.17) is 14.2 Å². The van der Waals surface area contributed by atoms with Crippen molar-refractivity contribution in [2.45, 2.75) is 76.7 Å². The molecule has 7 nitrogen and oxygen atoms in total. The highest BCUT2D eigenvalue weighted by Crippen LogP contribution is 2.51. The van der Waals surface area contributed by atoms with Gasteiger partial charge in [0.2, 0.25) is 0 Å². The summed E-state index contributed by atoms with van der Waals surface area (Å²) in [5, 5.41) is 3.95. The molecule has 3 aliphatic rings.